The Morgan fingerprint density at radius 3 is 2.33 bits per heavy atom. The van der Waals surface area contributed by atoms with Crippen molar-refractivity contribution in [2.75, 3.05) is 26.7 Å². The van der Waals surface area contributed by atoms with Gasteiger partial charge in [0.2, 0.25) is 0 Å². The molecule has 51 heavy (non-hydrogen) atoms. The molecule has 2 amide bonds. The first kappa shape index (κ1) is 32.8. The van der Waals surface area contributed by atoms with E-state index in [-0.39, 0.29) is 24.0 Å². The quantitative estimate of drug-likeness (QED) is 0.127. The third-order valence-corrected chi connectivity index (χ3v) is 10.8. The minimum Gasteiger partial charge on any atom is -0.465 e. The van der Waals surface area contributed by atoms with E-state index in [0.29, 0.717) is 12.4 Å². The highest BCUT2D eigenvalue weighted by molar-refractivity contribution is 6.05. The first-order valence-electron chi connectivity index (χ1n) is 17.9. The molecule has 8 rings (SSSR count). The third-order valence-electron chi connectivity index (χ3n) is 10.8. The molecule has 2 saturated heterocycles. The number of carbonyl (C=O) groups is 2. The largest absolute Gasteiger partial charge is 0.465 e. The zero-order valence-electron chi connectivity index (χ0n) is 29.1. The molecule has 2 fully saturated rings. The van der Waals surface area contributed by atoms with Crippen LogP contribution in [0.1, 0.15) is 63.3 Å². The maximum absolute atomic E-state index is 12.0. The molecule has 2 aliphatic heterocycles. The normalized spacial score (nSPS) is 18.7. The lowest BCUT2D eigenvalue weighted by atomic mass is 9.97. The highest BCUT2D eigenvalue weighted by atomic mass is 16.5. The number of nitrogens with zero attached hydrogens (tertiary/aromatic N) is 4. The van der Waals surface area contributed by atoms with Crippen LogP contribution in [0.15, 0.2) is 72.9 Å². The number of imidazole rings is 2. The van der Waals surface area contributed by atoms with E-state index in [0.717, 1.165) is 99.6 Å². The van der Waals surface area contributed by atoms with Gasteiger partial charge in [0.25, 0.3) is 0 Å². The number of hydrogen-bond acceptors (Lipinski definition) is 6. The Morgan fingerprint density at radius 1 is 0.882 bits per heavy atom. The van der Waals surface area contributed by atoms with Crippen molar-refractivity contribution in [3.05, 3.63) is 84.6 Å². The number of nitrogens with one attached hydrogen (secondary N) is 3. The molecule has 4 heterocycles. The van der Waals surface area contributed by atoms with E-state index in [4.69, 9.17) is 9.72 Å². The summed E-state index contributed by atoms with van der Waals surface area (Å²) in [5, 5.41) is 17.1. The first-order valence-corrected chi connectivity index (χ1v) is 17.9. The number of H-pyrrole nitrogens is 2. The van der Waals surface area contributed by atoms with Crippen LogP contribution in [0.3, 0.4) is 0 Å². The standard InChI is InChI=1S/C40H43N7O4/c1-23(2)33(44-39(48)51-3)22-46-16-4-6-34(46)38-42-31-15-13-28-19-27(12-14-30(28)36(31)45-38)24-8-9-26-20-29(11-10-25(26)18-24)32-21-41-37(43-32)35-7-5-17-47(35)40(49)50/h8-15,18-21,23,33-35H,4-7,16-17,22H2,1-3H3,(H,41,43)(H,42,45)(H,44,48)(H,49,50)/t33-,34+,35?/m1/s1. The zero-order valence-corrected chi connectivity index (χ0v) is 29.1. The summed E-state index contributed by atoms with van der Waals surface area (Å²) in [6.07, 6.45) is 4.22. The minimum absolute atomic E-state index is 0.0153. The van der Waals surface area contributed by atoms with Crippen LogP contribution in [-0.4, -0.2) is 79.8 Å². The van der Waals surface area contributed by atoms with Crippen LogP contribution in [0.5, 0.6) is 0 Å². The Morgan fingerprint density at radius 2 is 1.57 bits per heavy atom. The number of ether oxygens (including phenoxy) is 1. The summed E-state index contributed by atoms with van der Waals surface area (Å²) in [4.78, 5) is 44.3. The van der Waals surface area contributed by atoms with Gasteiger partial charge in [0.05, 0.1) is 42.1 Å². The molecule has 4 N–H and O–H groups in total. The summed E-state index contributed by atoms with van der Waals surface area (Å²) in [5.74, 6) is 1.94. The van der Waals surface area contributed by atoms with Gasteiger partial charge in [-0.2, -0.15) is 0 Å². The Labute approximate surface area is 296 Å². The van der Waals surface area contributed by atoms with Gasteiger partial charge in [-0.25, -0.2) is 19.6 Å². The number of methoxy groups -OCH3 is 1. The molecule has 4 aromatic carbocycles. The number of hydrogen-bond donors (Lipinski definition) is 4. The van der Waals surface area contributed by atoms with Crippen LogP contribution in [0.2, 0.25) is 0 Å². The van der Waals surface area contributed by atoms with Gasteiger partial charge in [0, 0.05) is 30.1 Å². The molecule has 262 valence electrons. The number of fused-ring (bicyclic) bond motifs is 4. The Balaban J connectivity index is 1.02. The number of carboxylic acid groups (broad SMARTS) is 1. The van der Waals surface area contributed by atoms with Gasteiger partial charge in [0.15, 0.2) is 0 Å². The van der Waals surface area contributed by atoms with E-state index in [9.17, 15) is 14.7 Å². The molecule has 0 radical (unpaired) electrons. The average molecular weight is 686 g/mol. The molecule has 0 spiro atoms. The van der Waals surface area contributed by atoms with E-state index in [1.165, 1.54) is 12.0 Å². The van der Waals surface area contributed by atoms with Gasteiger partial charge in [-0.05, 0) is 89.7 Å². The molecule has 2 aromatic heterocycles. The zero-order chi connectivity index (χ0) is 35.2. The number of amides is 2. The number of benzene rings is 4. The SMILES string of the molecule is COC(=O)N[C@H](CN1CCC[C@H]1c1nc2c(ccc3cc(-c4ccc5cc(-c6cnc(C7CCCN7C(=O)O)[nH]6)ccc5c4)ccc32)[nH]1)C(C)C. The van der Waals surface area contributed by atoms with Crippen LogP contribution in [0, 0.1) is 5.92 Å². The predicted molar refractivity (Wildman–Crippen MR) is 199 cm³/mol. The van der Waals surface area contributed by atoms with Crippen LogP contribution >= 0.6 is 0 Å². The predicted octanol–water partition coefficient (Wildman–Crippen LogP) is 8.26. The minimum atomic E-state index is -0.901. The molecule has 11 nitrogen and oxygen atoms in total. The van der Waals surface area contributed by atoms with Crippen molar-refractivity contribution in [1.82, 2.24) is 35.1 Å². The maximum atomic E-state index is 12.0. The van der Waals surface area contributed by atoms with Gasteiger partial charge >= 0.3 is 12.2 Å². The number of likely N-dealkylation sites (tertiary alicyclic amines) is 2. The van der Waals surface area contributed by atoms with Gasteiger partial charge in [0.1, 0.15) is 11.6 Å². The molecule has 0 saturated carbocycles. The lowest BCUT2D eigenvalue weighted by Gasteiger charge is -2.30. The van der Waals surface area contributed by atoms with Crippen LogP contribution in [-0.2, 0) is 4.74 Å². The smallest absolute Gasteiger partial charge is 0.407 e. The maximum Gasteiger partial charge on any atom is 0.407 e. The van der Waals surface area contributed by atoms with Gasteiger partial charge in [-0.15, -0.1) is 0 Å². The van der Waals surface area contributed by atoms with Crippen LogP contribution in [0.4, 0.5) is 9.59 Å². The lowest BCUT2D eigenvalue weighted by Crippen LogP contribution is -2.46. The van der Waals surface area contributed by atoms with Crippen molar-refractivity contribution < 1.29 is 19.4 Å². The number of aromatic nitrogens is 4. The van der Waals surface area contributed by atoms with Crippen molar-refractivity contribution in [3.63, 3.8) is 0 Å². The first-order chi connectivity index (χ1) is 24.7. The van der Waals surface area contributed by atoms with Crippen molar-refractivity contribution >= 4 is 44.8 Å². The van der Waals surface area contributed by atoms with Gasteiger partial charge in [-0.1, -0.05) is 56.3 Å². The van der Waals surface area contributed by atoms with E-state index in [1.54, 1.807) is 6.20 Å². The monoisotopic (exact) mass is 685 g/mol. The molecule has 0 aliphatic carbocycles. The van der Waals surface area contributed by atoms with Crippen molar-refractivity contribution in [2.45, 2.75) is 57.7 Å². The number of carbonyl (C=O) groups excluding carboxylic acids is 1. The molecule has 2 aliphatic rings. The van der Waals surface area contributed by atoms with Crippen LogP contribution < -0.4 is 5.32 Å². The number of alkyl carbamates (subject to hydrolysis) is 1. The summed E-state index contributed by atoms with van der Waals surface area (Å²) in [6.45, 7) is 6.48. The number of aromatic amines is 2. The van der Waals surface area contributed by atoms with E-state index in [2.05, 4.69) is 106 Å². The highest BCUT2D eigenvalue weighted by Crippen LogP contribution is 2.36. The second-order valence-corrected chi connectivity index (χ2v) is 14.3. The van der Waals surface area contributed by atoms with Crippen molar-refractivity contribution in [3.8, 4) is 22.4 Å². The Hall–Kier alpha value is -5.42. The van der Waals surface area contributed by atoms with Crippen LogP contribution in [0.25, 0.3) is 55.0 Å². The summed E-state index contributed by atoms with van der Waals surface area (Å²) in [7, 11) is 1.40. The van der Waals surface area contributed by atoms with Gasteiger partial charge < -0.3 is 25.1 Å². The second kappa shape index (κ2) is 13.4. The van der Waals surface area contributed by atoms with Crippen molar-refractivity contribution in [1.29, 1.82) is 0 Å². The topological polar surface area (TPSA) is 139 Å². The van der Waals surface area contributed by atoms with Gasteiger partial charge in [-0.3, -0.25) is 9.80 Å². The van der Waals surface area contributed by atoms with E-state index in [1.807, 2.05) is 0 Å². The van der Waals surface area contributed by atoms with E-state index < -0.39 is 12.2 Å². The fourth-order valence-electron chi connectivity index (χ4n) is 7.92. The summed E-state index contributed by atoms with van der Waals surface area (Å²) in [5.41, 5.74) is 6.18. The Bertz CT molecular complexity index is 2260. The van der Waals surface area contributed by atoms with E-state index >= 15 is 0 Å². The molecule has 1 unspecified atom stereocenters. The molecular formula is C40H43N7O4. The average Bonchev–Trinajstić information content (AvgIpc) is 3.96. The molecule has 0 bridgehead atoms. The Kier molecular flexibility index (Phi) is 8.59. The fraction of sp³-hybridized carbons (Fsp3) is 0.350. The molecule has 11 heteroatoms. The lowest BCUT2D eigenvalue weighted by molar-refractivity contribution is 0.138. The second-order valence-electron chi connectivity index (χ2n) is 14.3. The molecule has 6 aromatic rings. The third kappa shape index (κ3) is 6.27. The molecular weight excluding hydrogens is 642 g/mol. The summed E-state index contributed by atoms with van der Waals surface area (Å²) < 4.78 is 4.88. The summed E-state index contributed by atoms with van der Waals surface area (Å²) >= 11 is 0. The van der Waals surface area contributed by atoms with Crippen molar-refractivity contribution in [2.24, 2.45) is 5.92 Å². The number of rotatable bonds is 8. The fourth-order valence-corrected chi connectivity index (χ4v) is 7.92. The highest BCUT2D eigenvalue weighted by Gasteiger charge is 2.33. The summed E-state index contributed by atoms with van der Waals surface area (Å²) in [6, 6.07) is 23.7. The molecule has 3 atom stereocenters.